The van der Waals surface area contributed by atoms with Gasteiger partial charge in [0.05, 0.1) is 10.2 Å². The lowest BCUT2D eigenvalue weighted by Gasteiger charge is -2.33. The zero-order valence-corrected chi connectivity index (χ0v) is 13.5. The van der Waals surface area contributed by atoms with E-state index in [9.17, 15) is 0 Å². The first-order valence-electron chi connectivity index (χ1n) is 7.73. The summed E-state index contributed by atoms with van der Waals surface area (Å²) < 4.78 is 1.24. The van der Waals surface area contributed by atoms with Crippen LogP contribution in [0.4, 0.5) is 16.9 Å². The average molecular weight is 326 g/mol. The number of nitrogen functional groups attached to an aromatic ring is 1. The van der Waals surface area contributed by atoms with Crippen LogP contribution in [0.2, 0.25) is 0 Å². The molecule has 1 fully saturated rings. The number of para-hydroxylation sites is 1. The van der Waals surface area contributed by atoms with Gasteiger partial charge in [-0.2, -0.15) is 4.98 Å². The lowest BCUT2D eigenvalue weighted by atomic mass is 10.1. The minimum absolute atomic E-state index is 0.300. The van der Waals surface area contributed by atoms with Gasteiger partial charge in [-0.25, -0.2) is 9.97 Å². The second-order valence-corrected chi connectivity index (χ2v) is 6.70. The van der Waals surface area contributed by atoms with Crippen LogP contribution in [0.1, 0.15) is 12.8 Å². The fourth-order valence-corrected chi connectivity index (χ4v) is 3.93. The molecule has 1 saturated heterocycles. The third kappa shape index (κ3) is 3.05. The molecular formula is C16H18N6S. The van der Waals surface area contributed by atoms with Gasteiger partial charge in [-0.3, -0.25) is 0 Å². The van der Waals surface area contributed by atoms with Gasteiger partial charge in [-0.05, 0) is 31.0 Å². The Bertz CT molecular complexity index is 784. The molecule has 3 N–H and O–H groups in total. The quantitative estimate of drug-likeness (QED) is 0.770. The number of hydrogen-bond acceptors (Lipinski definition) is 7. The first kappa shape index (κ1) is 14.2. The van der Waals surface area contributed by atoms with E-state index in [0.717, 1.165) is 42.4 Å². The molecule has 23 heavy (non-hydrogen) atoms. The smallest absolute Gasteiger partial charge is 0.221 e. The van der Waals surface area contributed by atoms with Crippen molar-refractivity contribution >= 4 is 38.5 Å². The van der Waals surface area contributed by atoms with E-state index in [0.29, 0.717) is 12.0 Å². The van der Waals surface area contributed by atoms with Gasteiger partial charge in [0, 0.05) is 25.3 Å². The molecule has 0 radical (unpaired) electrons. The molecule has 0 bridgehead atoms. The summed E-state index contributed by atoms with van der Waals surface area (Å²) in [4.78, 5) is 15.3. The molecule has 0 unspecified atom stereocenters. The Morgan fingerprint density at radius 1 is 1.22 bits per heavy atom. The van der Waals surface area contributed by atoms with Crippen LogP contribution in [-0.2, 0) is 0 Å². The van der Waals surface area contributed by atoms with Crippen LogP contribution in [0.25, 0.3) is 10.2 Å². The number of aromatic nitrogens is 3. The fraction of sp³-hybridized carbons (Fsp3) is 0.312. The first-order chi connectivity index (χ1) is 11.3. The van der Waals surface area contributed by atoms with Gasteiger partial charge in [0.2, 0.25) is 5.95 Å². The van der Waals surface area contributed by atoms with Gasteiger partial charge >= 0.3 is 0 Å². The highest BCUT2D eigenvalue weighted by Crippen LogP contribution is 2.30. The van der Waals surface area contributed by atoms with Crippen molar-refractivity contribution in [1.29, 1.82) is 0 Å². The number of piperidine rings is 1. The van der Waals surface area contributed by atoms with Crippen LogP contribution in [0.15, 0.2) is 36.5 Å². The number of fused-ring (bicyclic) bond motifs is 1. The van der Waals surface area contributed by atoms with Crippen molar-refractivity contribution in [3.63, 3.8) is 0 Å². The Hall–Kier alpha value is -2.41. The number of anilines is 3. The van der Waals surface area contributed by atoms with E-state index < -0.39 is 0 Å². The van der Waals surface area contributed by atoms with E-state index >= 15 is 0 Å². The predicted molar refractivity (Wildman–Crippen MR) is 94.9 cm³/mol. The molecule has 1 aromatic carbocycles. The van der Waals surface area contributed by atoms with Gasteiger partial charge in [-0.15, -0.1) is 0 Å². The van der Waals surface area contributed by atoms with E-state index in [1.165, 1.54) is 4.70 Å². The van der Waals surface area contributed by atoms with Crippen LogP contribution < -0.4 is 16.0 Å². The molecule has 0 amide bonds. The topological polar surface area (TPSA) is 80.0 Å². The highest BCUT2D eigenvalue weighted by Gasteiger charge is 2.22. The van der Waals surface area contributed by atoms with Crippen LogP contribution >= 0.6 is 11.3 Å². The molecule has 3 heterocycles. The van der Waals surface area contributed by atoms with E-state index in [2.05, 4.69) is 38.4 Å². The summed E-state index contributed by atoms with van der Waals surface area (Å²) in [5, 5.41) is 4.56. The minimum atomic E-state index is 0.300. The Morgan fingerprint density at radius 3 is 3.00 bits per heavy atom. The normalized spacial score (nSPS) is 18.3. The largest absolute Gasteiger partial charge is 0.368 e. The standard InChI is InChI=1S/C16H18N6S/c17-15-18-8-7-14(21-15)19-11-4-3-9-22(10-11)16-20-12-5-1-2-6-13(12)23-16/h1-2,5-8,11H,3-4,9-10H2,(H3,17,18,19,21)/t11-/m1/s1. The molecule has 1 atom stereocenters. The van der Waals surface area contributed by atoms with E-state index in [-0.39, 0.29) is 0 Å². The zero-order chi connectivity index (χ0) is 15.6. The van der Waals surface area contributed by atoms with Crippen LogP contribution in [0.5, 0.6) is 0 Å². The third-order valence-electron chi connectivity index (χ3n) is 4.00. The maximum absolute atomic E-state index is 5.64. The summed E-state index contributed by atoms with van der Waals surface area (Å²) in [6, 6.07) is 10.5. The Kier molecular flexibility index (Phi) is 3.70. The highest BCUT2D eigenvalue weighted by molar-refractivity contribution is 7.22. The molecular weight excluding hydrogens is 308 g/mol. The van der Waals surface area contributed by atoms with Gasteiger partial charge in [0.15, 0.2) is 5.13 Å². The maximum atomic E-state index is 5.64. The number of nitrogens with two attached hydrogens (primary N) is 1. The molecule has 6 nitrogen and oxygen atoms in total. The molecule has 118 valence electrons. The summed E-state index contributed by atoms with van der Waals surface area (Å²) in [6.45, 7) is 1.97. The van der Waals surface area contributed by atoms with Gasteiger partial charge in [0.25, 0.3) is 0 Å². The van der Waals surface area contributed by atoms with Gasteiger partial charge in [0.1, 0.15) is 5.82 Å². The summed E-state index contributed by atoms with van der Waals surface area (Å²) >= 11 is 1.76. The molecule has 4 rings (SSSR count). The van der Waals surface area contributed by atoms with Gasteiger partial charge < -0.3 is 16.0 Å². The molecule has 2 aromatic heterocycles. The monoisotopic (exact) mass is 326 g/mol. The second kappa shape index (κ2) is 6.00. The van der Waals surface area contributed by atoms with E-state index in [1.54, 1.807) is 17.5 Å². The van der Waals surface area contributed by atoms with Crippen molar-refractivity contribution in [2.24, 2.45) is 0 Å². The summed E-state index contributed by atoms with van der Waals surface area (Å²) in [6.07, 6.45) is 3.93. The first-order valence-corrected chi connectivity index (χ1v) is 8.55. The molecule has 0 spiro atoms. The van der Waals surface area contributed by atoms with Crippen LogP contribution in [0.3, 0.4) is 0 Å². The van der Waals surface area contributed by atoms with Crippen molar-refractivity contribution in [2.45, 2.75) is 18.9 Å². The van der Waals surface area contributed by atoms with Crippen molar-refractivity contribution in [2.75, 3.05) is 29.0 Å². The zero-order valence-electron chi connectivity index (χ0n) is 12.6. The molecule has 0 saturated carbocycles. The van der Waals surface area contributed by atoms with Gasteiger partial charge in [-0.1, -0.05) is 23.5 Å². The van der Waals surface area contributed by atoms with Crippen molar-refractivity contribution in [3.05, 3.63) is 36.5 Å². The van der Waals surface area contributed by atoms with E-state index in [1.807, 2.05) is 12.1 Å². The molecule has 0 aliphatic carbocycles. The molecule has 3 aromatic rings. The average Bonchev–Trinajstić information content (AvgIpc) is 2.99. The Labute approximate surface area is 138 Å². The summed E-state index contributed by atoms with van der Waals surface area (Å²) in [5.74, 6) is 1.09. The summed E-state index contributed by atoms with van der Waals surface area (Å²) in [5.41, 5.74) is 6.72. The van der Waals surface area contributed by atoms with E-state index in [4.69, 9.17) is 10.7 Å². The van der Waals surface area contributed by atoms with Crippen molar-refractivity contribution < 1.29 is 0 Å². The third-order valence-corrected chi connectivity index (χ3v) is 5.10. The number of hydrogen-bond donors (Lipinski definition) is 2. The highest BCUT2D eigenvalue weighted by atomic mass is 32.1. The Balaban J connectivity index is 1.50. The Morgan fingerprint density at radius 2 is 2.13 bits per heavy atom. The molecule has 1 aliphatic rings. The number of nitrogens with zero attached hydrogens (tertiary/aromatic N) is 4. The second-order valence-electron chi connectivity index (χ2n) is 5.69. The van der Waals surface area contributed by atoms with Crippen molar-refractivity contribution in [3.8, 4) is 0 Å². The number of nitrogens with one attached hydrogen (secondary N) is 1. The number of benzene rings is 1. The lowest BCUT2D eigenvalue weighted by molar-refractivity contribution is 0.528. The van der Waals surface area contributed by atoms with Crippen LogP contribution in [0, 0.1) is 0 Å². The molecule has 1 aliphatic heterocycles. The molecule has 7 heteroatoms. The SMILES string of the molecule is Nc1nccc(N[C@@H]2CCCN(c3nc4ccccc4s3)C2)n1. The lowest BCUT2D eigenvalue weighted by Crippen LogP contribution is -2.42. The minimum Gasteiger partial charge on any atom is -0.368 e. The number of thiazole rings is 1. The van der Waals surface area contributed by atoms with Crippen LogP contribution in [-0.4, -0.2) is 34.1 Å². The summed E-state index contributed by atoms with van der Waals surface area (Å²) in [7, 11) is 0. The fourth-order valence-electron chi connectivity index (χ4n) is 2.93. The van der Waals surface area contributed by atoms with Crippen molar-refractivity contribution in [1.82, 2.24) is 15.0 Å². The number of rotatable bonds is 3. The predicted octanol–water partition coefficient (Wildman–Crippen LogP) is 2.75. The maximum Gasteiger partial charge on any atom is 0.221 e.